The monoisotopic (exact) mass is 241 g/mol. The van der Waals surface area contributed by atoms with E-state index in [1.807, 2.05) is 6.92 Å². The molecule has 2 heterocycles. The molecule has 0 aliphatic heterocycles. The van der Waals surface area contributed by atoms with E-state index in [2.05, 4.69) is 20.5 Å². The second-order valence-corrected chi connectivity index (χ2v) is 3.98. The first kappa shape index (κ1) is 10.9. The molecule has 16 heavy (non-hydrogen) atoms. The number of nitrogens with zero attached hydrogens (tertiary/aromatic N) is 3. The third kappa shape index (κ3) is 2.16. The molecule has 1 atom stereocenters. The Kier molecular flexibility index (Phi) is 3.09. The Morgan fingerprint density at radius 1 is 1.69 bits per heavy atom. The van der Waals surface area contributed by atoms with Crippen LogP contribution in [0.4, 0.5) is 5.82 Å². The van der Waals surface area contributed by atoms with Crippen LogP contribution in [-0.4, -0.2) is 32.0 Å². The van der Waals surface area contributed by atoms with E-state index in [0.29, 0.717) is 23.3 Å². The molecule has 0 bridgehead atoms. The maximum atomic E-state index is 11.2. The van der Waals surface area contributed by atoms with E-state index in [1.54, 1.807) is 6.07 Å². The predicted octanol–water partition coefficient (Wildman–Crippen LogP) is 0.704. The molecule has 0 saturated heterocycles. The topological polar surface area (TPSA) is 75.1 Å². The lowest BCUT2D eigenvalue weighted by atomic mass is 10.2. The van der Waals surface area contributed by atoms with Crippen molar-refractivity contribution in [3.63, 3.8) is 0 Å². The molecular formula is C9H12ClN5O. The Morgan fingerprint density at radius 3 is 3.25 bits per heavy atom. The van der Waals surface area contributed by atoms with Crippen LogP contribution in [0.25, 0.3) is 5.65 Å². The third-order valence-electron chi connectivity index (χ3n) is 2.20. The lowest BCUT2D eigenvalue weighted by Gasteiger charge is -2.09. The molecule has 0 aliphatic carbocycles. The van der Waals surface area contributed by atoms with Gasteiger partial charge in [0, 0.05) is 18.5 Å². The van der Waals surface area contributed by atoms with Crippen LogP contribution in [0.3, 0.4) is 0 Å². The summed E-state index contributed by atoms with van der Waals surface area (Å²) in [5, 5.41) is 9.33. The molecule has 0 aromatic carbocycles. The summed E-state index contributed by atoms with van der Waals surface area (Å²) in [7, 11) is 0. The van der Waals surface area contributed by atoms with Gasteiger partial charge in [-0.25, -0.2) is 19.3 Å². The minimum Gasteiger partial charge on any atom is -0.370 e. The molecule has 0 spiro atoms. The number of hydrogen-bond acceptors (Lipinski definition) is 4. The van der Waals surface area contributed by atoms with Crippen molar-refractivity contribution in [1.82, 2.24) is 19.6 Å². The summed E-state index contributed by atoms with van der Waals surface area (Å²) in [5.41, 5.74) is 0.254. The van der Waals surface area contributed by atoms with Crippen molar-refractivity contribution >= 4 is 23.1 Å². The van der Waals surface area contributed by atoms with Crippen molar-refractivity contribution < 1.29 is 0 Å². The first-order valence-corrected chi connectivity index (χ1v) is 5.47. The second kappa shape index (κ2) is 4.52. The number of aromatic amines is 1. The zero-order valence-electron chi connectivity index (χ0n) is 8.77. The number of anilines is 1. The molecule has 2 aromatic heterocycles. The van der Waals surface area contributed by atoms with Gasteiger partial charge in [0.25, 0.3) is 0 Å². The molecule has 2 N–H and O–H groups in total. The van der Waals surface area contributed by atoms with Crippen molar-refractivity contribution in [3.8, 4) is 0 Å². The number of halogens is 1. The molecule has 2 rings (SSSR count). The maximum absolute atomic E-state index is 11.2. The molecule has 86 valence electrons. The zero-order valence-corrected chi connectivity index (χ0v) is 9.53. The summed E-state index contributed by atoms with van der Waals surface area (Å²) in [4.78, 5) is 15.3. The Balaban J connectivity index is 2.17. The van der Waals surface area contributed by atoms with Crippen LogP contribution >= 0.6 is 11.6 Å². The summed E-state index contributed by atoms with van der Waals surface area (Å²) in [6.07, 6.45) is 1.44. The van der Waals surface area contributed by atoms with Gasteiger partial charge < -0.3 is 5.32 Å². The summed E-state index contributed by atoms with van der Waals surface area (Å²) in [6, 6.07) is 1.71. The average molecular weight is 242 g/mol. The van der Waals surface area contributed by atoms with Gasteiger partial charge in [-0.3, -0.25) is 0 Å². The van der Waals surface area contributed by atoms with E-state index in [0.717, 1.165) is 6.54 Å². The van der Waals surface area contributed by atoms with Gasteiger partial charge in [-0.2, -0.15) is 5.10 Å². The Labute approximate surface area is 96.7 Å². The number of alkyl halides is 1. The van der Waals surface area contributed by atoms with Crippen LogP contribution in [0, 0.1) is 5.92 Å². The van der Waals surface area contributed by atoms with Crippen LogP contribution in [0.1, 0.15) is 6.92 Å². The lowest BCUT2D eigenvalue weighted by molar-refractivity contribution is 0.694. The van der Waals surface area contributed by atoms with Gasteiger partial charge in [0.1, 0.15) is 12.1 Å². The Hall–Kier alpha value is -1.56. The molecule has 0 aliphatic rings. The fourth-order valence-electron chi connectivity index (χ4n) is 1.24. The highest BCUT2D eigenvalue weighted by Gasteiger charge is 2.03. The fourth-order valence-corrected chi connectivity index (χ4v) is 1.35. The predicted molar refractivity (Wildman–Crippen MR) is 62.0 cm³/mol. The molecule has 0 radical (unpaired) electrons. The minimum atomic E-state index is -0.289. The highest BCUT2D eigenvalue weighted by Crippen LogP contribution is 2.06. The third-order valence-corrected chi connectivity index (χ3v) is 2.73. The minimum absolute atomic E-state index is 0.289. The molecule has 0 amide bonds. The molecule has 7 heteroatoms. The number of rotatable bonds is 4. The zero-order chi connectivity index (χ0) is 11.5. The van der Waals surface area contributed by atoms with Gasteiger partial charge in [0.05, 0.1) is 0 Å². The highest BCUT2D eigenvalue weighted by molar-refractivity contribution is 6.18. The number of nitrogens with one attached hydrogen (secondary N) is 2. The number of aromatic nitrogens is 4. The van der Waals surface area contributed by atoms with E-state index in [4.69, 9.17) is 11.6 Å². The number of fused-ring (bicyclic) bond motifs is 1. The largest absolute Gasteiger partial charge is 0.370 e. The molecule has 0 fully saturated rings. The van der Waals surface area contributed by atoms with Gasteiger partial charge >= 0.3 is 5.69 Å². The fraction of sp³-hybridized carbons (Fsp3) is 0.444. The van der Waals surface area contributed by atoms with Gasteiger partial charge in [-0.1, -0.05) is 6.92 Å². The van der Waals surface area contributed by atoms with Crippen molar-refractivity contribution in [3.05, 3.63) is 22.9 Å². The van der Waals surface area contributed by atoms with Crippen LogP contribution in [-0.2, 0) is 0 Å². The standard InChI is InChI=1S/C9H12ClN5O/c1-6(3-10)4-11-7-2-8-13-14-9(16)15(8)5-12-7/h2,5-6,11H,3-4H2,1H3,(H,14,16). The maximum Gasteiger partial charge on any atom is 0.348 e. The molecular weight excluding hydrogens is 230 g/mol. The summed E-state index contributed by atoms with van der Waals surface area (Å²) in [6.45, 7) is 2.78. The van der Waals surface area contributed by atoms with Crippen LogP contribution in [0.15, 0.2) is 17.2 Å². The number of H-pyrrole nitrogens is 1. The van der Waals surface area contributed by atoms with Crippen molar-refractivity contribution in [2.24, 2.45) is 5.92 Å². The summed E-state index contributed by atoms with van der Waals surface area (Å²) < 4.78 is 1.34. The second-order valence-electron chi connectivity index (χ2n) is 3.67. The lowest BCUT2D eigenvalue weighted by Crippen LogP contribution is -2.14. The van der Waals surface area contributed by atoms with Crippen molar-refractivity contribution in [2.75, 3.05) is 17.7 Å². The van der Waals surface area contributed by atoms with Crippen molar-refractivity contribution in [2.45, 2.75) is 6.92 Å². The number of hydrogen-bond donors (Lipinski definition) is 2. The molecule has 6 nitrogen and oxygen atoms in total. The van der Waals surface area contributed by atoms with Crippen LogP contribution in [0.5, 0.6) is 0 Å². The molecule has 0 saturated carbocycles. The van der Waals surface area contributed by atoms with E-state index < -0.39 is 0 Å². The van der Waals surface area contributed by atoms with Gasteiger partial charge in [0.15, 0.2) is 5.65 Å². The van der Waals surface area contributed by atoms with Crippen LogP contribution in [0.2, 0.25) is 0 Å². The Morgan fingerprint density at radius 2 is 2.50 bits per heavy atom. The first-order valence-electron chi connectivity index (χ1n) is 4.93. The first-order chi connectivity index (χ1) is 7.70. The van der Waals surface area contributed by atoms with Gasteiger partial charge in [0.2, 0.25) is 0 Å². The normalized spacial score (nSPS) is 12.9. The molecule has 1 unspecified atom stereocenters. The van der Waals surface area contributed by atoms with E-state index in [-0.39, 0.29) is 5.69 Å². The highest BCUT2D eigenvalue weighted by atomic mass is 35.5. The smallest absolute Gasteiger partial charge is 0.348 e. The van der Waals surface area contributed by atoms with E-state index in [9.17, 15) is 4.79 Å². The molecule has 2 aromatic rings. The summed E-state index contributed by atoms with van der Waals surface area (Å²) >= 11 is 5.69. The van der Waals surface area contributed by atoms with Crippen LogP contribution < -0.4 is 11.0 Å². The van der Waals surface area contributed by atoms with Gasteiger partial charge in [-0.05, 0) is 5.92 Å². The van der Waals surface area contributed by atoms with Crippen molar-refractivity contribution in [1.29, 1.82) is 0 Å². The van der Waals surface area contributed by atoms with E-state index >= 15 is 0 Å². The average Bonchev–Trinajstić information content (AvgIpc) is 2.67. The summed E-state index contributed by atoms with van der Waals surface area (Å²) in [5.74, 6) is 1.64. The quantitative estimate of drug-likeness (QED) is 0.773. The van der Waals surface area contributed by atoms with Gasteiger partial charge in [-0.15, -0.1) is 11.6 Å². The van der Waals surface area contributed by atoms with E-state index in [1.165, 1.54) is 10.7 Å². The Bertz CT molecular complexity index is 534. The SMILES string of the molecule is CC(CCl)CNc1cc2n[nH]c(=O)n2cn1.